The number of aromatic nitrogens is 2. The summed E-state index contributed by atoms with van der Waals surface area (Å²) in [6.07, 6.45) is 3.67. The van der Waals surface area contributed by atoms with Gasteiger partial charge in [-0.1, -0.05) is 6.92 Å². The number of nitrogens with zero attached hydrogens (tertiary/aromatic N) is 2. The van der Waals surface area contributed by atoms with Crippen LogP contribution in [0.2, 0.25) is 0 Å². The average molecular weight is 121 g/mol. The molecule has 1 aromatic rings. The van der Waals surface area contributed by atoms with Gasteiger partial charge in [0, 0.05) is 6.42 Å². The van der Waals surface area contributed by atoms with Gasteiger partial charge in [0.2, 0.25) is 0 Å². The molecule has 1 radical (unpaired) electrons. The van der Waals surface area contributed by atoms with Gasteiger partial charge in [-0.3, -0.25) is 0 Å². The van der Waals surface area contributed by atoms with Gasteiger partial charge in [-0.15, -0.1) is 0 Å². The van der Waals surface area contributed by atoms with E-state index >= 15 is 0 Å². The van der Waals surface area contributed by atoms with E-state index in [0.29, 0.717) is 0 Å². The van der Waals surface area contributed by atoms with E-state index in [2.05, 4.69) is 10.2 Å². The van der Waals surface area contributed by atoms with Crippen LogP contribution < -0.4 is 0 Å². The number of aryl methyl sites for hydroxylation is 1. The summed E-state index contributed by atoms with van der Waals surface area (Å²) in [5.74, 6) is 0. The highest BCUT2D eigenvalue weighted by Crippen LogP contribution is 1.98. The first-order chi connectivity index (χ1) is 4.33. The van der Waals surface area contributed by atoms with Crippen molar-refractivity contribution in [2.24, 2.45) is 0 Å². The molecule has 47 valence electrons. The van der Waals surface area contributed by atoms with Crippen molar-refractivity contribution in [3.63, 3.8) is 0 Å². The Labute approximate surface area is 54.9 Å². The lowest BCUT2D eigenvalue weighted by atomic mass is 10.2. The van der Waals surface area contributed by atoms with Crippen molar-refractivity contribution >= 4 is 0 Å². The molecule has 2 nitrogen and oxygen atoms in total. The van der Waals surface area contributed by atoms with Crippen LogP contribution in [-0.2, 0) is 0 Å². The zero-order chi connectivity index (χ0) is 6.69. The Kier molecular flexibility index (Phi) is 1.78. The summed E-state index contributed by atoms with van der Waals surface area (Å²) in [7, 11) is 0. The molecular weight excluding hydrogens is 112 g/mol. The van der Waals surface area contributed by atoms with Gasteiger partial charge in [0.25, 0.3) is 0 Å². The number of hydrogen-bond acceptors (Lipinski definition) is 2. The molecule has 1 rings (SSSR count). The molecule has 0 aliphatic rings. The Hall–Kier alpha value is -0.920. The van der Waals surface area contributed by atoms with E-state index in [-0.39, 0.29) is 0 Å². The first kappa shape index (κ1) is 6.20. The van der Waals surface area contributed by atoms with E-state index in [1.54, 1.807) is 6.20 Å². The first-order valence-electron chi connectivity index (χ1n) is 2.91. The Morgan fingerprint density at radius 1 is 1.56 bits per heavy atom. The molecule has 0 unspecified atom stereocenters. The maximum atomic E-state index is 3.85. The average Bonchev–Trinajstić information content (AvgIpc) is 1.88. The fourth-order valence-corrected chi connectivity index (χ4v) is 0.627. The fourth-order valence-electron chi connectivity index (χ4n) is 0.627. The molecule has 0 fully saturated rings. The van der Waals surface area contributed by atoms with E-state index in [4.69, 9.17) is 0 Å². The predicted molar refractivity (Wildman–Crippen MR) is 35.8 cm³/mol. The molecule has 1 aromatic heterocycles. The van der Waals surface area contributed by atoms with Gasteiger partial charge in [0.15, 0.2) is 0 Å². The van der Waals surface area contributed by atoms with Gasteiger partial charge in [-0.2, -0.15) is 10.2 Å². The zero-order valence-corrected chi connectivity index (χ0v) is 5.63. The summed E-state index contributed by atoms with van der Waals surface area (Å²) in [6.45, 7) is 3.95. The second kappa shape index (κ2) is 2.58. The first-order valence-corrected chi connectivity index (χ1v) is 2.91. The zero-order valence-electron chi connectivity index (χ0n) is 5.63. The minimum Gasteiger partial charge on any atom is -0.159 e. The summed E-state index contributed by atoms with van der Waals surface area (Å²) in [4.78, 5) is 0. The highest BCUT2D eigenvalue weighted by Gasteiger charge is 1.89. The summed E-state index contributed by atoms with van der Waals surface area (Å²) >= 11 is 0. The smallest absolute Gasteiger partial charge is 0.0668 e. The Bertz CT molecular complexity index is 196. The molecule has 0 spiro atoms. The topological polar surface area (TPSA) is 25.8 Å². The van der Waals surface area contributed by atoms with Gasteiger partial charge >= 0.3 is 0 Å². The van der Waals surface area contributed by atoms with Crippen LogP contribution in [-0.4, -0.2) is 10.2 Å². The number of hydrogen-bond donors (Lipinski definition) is 0. The van der Waals surface area contributed by atoms with E-state index in [1.807, 2.05) is 26.3 Å². The third-order valence-corrected chi connectivity index (χ3v) is 1.11. The normalized spacial score (nSPS) is 9.56. The summed E-state index contributed by atoms with van der Waals surface area (Å²) < 4.78 is 0. The second-order valence-electron chi connectivity index (χ2n) is 1.95. The van der Waals surface area contributed by atoms with E-state index < -0.39 is 0 Å². The van der Waals surface area contributed by atoms with Crippen LogP contribution in [0, 0.1) is 13.3 Å². The molecule has 0 N–H and O–H groups in total. The molecule has 0 amide bonds. The molecule has 0 saturated carbocycles. The molecule has 9 heavy (non-hydrogen) atoms. The Morgan fingerprint density at radius 2 is 2.33 bits per heavy atom. The van der Waals surface area contributed by atoms with Crippen LogP contribution in [0.5, 0.6) is 0 Å². The summed E-state index contributed by atoms with van der Waals surface area (Å²) in [5, 5.41) is 7.63. The molecule has 0 aliphatic heterocycles. The molecule has 0 bridgehead atoms. The largest absolute Gasteiger partial charge is 0.159 e. The minimum absolute atomic E-state index is 0.940. The quantitative estimate of drug-likeness (QED) is 0.560. The van der Waals surface area contributed by atoms with Gasteiger partial charge in [0.05, 0.1) is 11.9 Å². The maximum Gasteiger partial charge on any atom is 0.0668 e. The lowest BCUT2D eigenvalue weighted by molar-refractivity contribution is 0.972. The van der Waals surface area contributed by atoms with Crippen molar-refractivity contribution < 1.29 is 0 Å². The fraction of sp³-hybridized carbons (Fsp3) is 0.286. The standard InChI is InChI=1S/C7H9N2/c1-3-7-4-6(2)5-8-9-7/h3-5H,1-2H3. The Morgan fingerprint density at radius 3 is 2.78 bits per heavy atom. The van der Waals surface area contributed by atoms with Crippen molar-refractivity contribution in [3.05, 3.63) is 29.9 Å². The predicted octanol–water partition coefficient (Wildman–Crippen LogP) is 1.36. The van der Waals surface area contributed by atoms with E-state index in [9.17, 15) is 0 Å². The third-order valence-electron chi connectivity index (χ3n) is 1.11. The van der Waals surface area contributed by atoms with Crippen LogP contribution >= 0.6 is 0 Å². The lowest BCUT2D eigenvalue weighted by Crippen LogP contribution is -1.88. The molecule has 0 atom stereocenters. The second-order valence-corrected chi connectivity index (χ2v) is 1.95. The van der Waals surface area contributed by atoms with Crippen molar-refractivity contribution in [1.29, 1.82) is 0 Å². The molecule has 2 heteroatoms. The summed E-state index contributed by atoms with van der Waals surface area (Å²) in [5.41, 5.74) is 2.09. The third kappa shape index (κ3) is 1.49. The van der Waals surface area contributed by atoms with Crippen LogP contribution in [0.25, 0.3) is 0 Å². The van der Waals surface area contributed by atoms with Gasteiger partial charge in [-0.25, -0.2) is 0 Å². The monoisotopic (exact) mass is 121 g/mol. The minimum atomic E-state index is 0.940. The number of rotatable bonds is 1. The van der Waals surface area contributed by atoms with E-state index in [0.717, 1.165) is 11.3 Å². The highest BCUT2D eigenvalue weighted by molar-refractivity contribution is 5.15. The van der Waals surface area contributed by atoms with Crippen molar-refractivity contribution in [1.82, 2.24) is 10.2 Å². The van der Waals surface area contributed by atoms with Crippen LogP contribution in [0.3, 0.4) is 0 Å². The van der Waals surface area contributed by atoms with Crippen molar-refractivity contribution in [2.75, 3.05) is 0 Å². The van der Waals surface area contributed by atoms with Gasteiger partial charge < -0.3 is 0 Å². The molecule has 0 aromatic carbocycles. The molecular formula is C7H9N2. The SMILES string of the molecule is C[CH]c1cc(C)cnn1. The van der Waals surface area contributed by atoms with Gasteiger partial charge in [0.1, 0.15) is 0 Å². The summed E-state index contributed by atoms with van der Waals surface area (Å²) in [6, 6.07) is 1.99. The van der Waals surface area contributed by atoms with E-state index in [1.165, 1.54) is 0 Å². The molecule has 0 saturated heterocycles. The van der Waals surface area contributed by atoms with Crippen LogP contribution in [0.15, 0.2) is 12.3 Å². The van der Waals surface area contributed by atoms with Crippen LogP contribution in [0.4, 0.5) is 0 Å². The molecule has 0 aliphatic carbocycles. The maximum absolute atomic E-state index is 3.85. The van der Waals surface area contributed by atoms with Crippen molar-refractivity contribution in [3.8, 4) is 0 Å². The van der Waals surface area contributed by atoms with Crippen molar-refractivity contribution in [2.45, 2.75) is 13.8 Å². The Balaban J connectivity index is 2.94. The highest BCUT2D eigenvalue weighted by atomic mass is 15.1. The van der Waals surface area contributed by atoms with Gasteiger partial charge in [-0.05, 0) is 18.6 Å². The van der Waals surface area contributed by atoms with Crippen LogP contribution in [0.1, 0.15) is 18.2 Å². The lowest BCUT2D eigenvalue weighted by Gasteiger charge is -1.92. The molecule has 1 heterocycles.